The highest BCUT2D eigenvalue weighted by Gasteiger charge is 2.15. The smallest absolute Gasteiger partial charge is 0.313 e. The summed E-state index contributed by atoms with van der Waals surface area (Å²) in [6.07, 6.45) is 0.837. The molecule has 8 heteroatoms. The Bertz CT molecular complexity index is 512. The number of carboxylic acid groups (broad SMARTS) is 1. The Kier molecular flexibility index (Phi) is 4.32. The molecule has 0 amide bonds. The number of hydrogen-bond acceptors (Lipinski definition) is 6. The second kappa shape index (κ2) is 5.96. The van der Waals surface area contributed by atoms with Gasteiger partial charge in [0.1, 0.15) is 0 Å². The Morgan fingerprint density at radius 3 is 3.17 bits per heavy atom. The van der Waals surface area contributed by atoms with Crippen LogP contribution in [-0.2, 0) is 11.2 Å². The van der Waals surface area contributed by atoms with Crippen molar-refractivity contribution in [1.82, 2.24) is 20.2 Å². The number of thiophene rings is 1. The Morgan fingerprint density at radius 1 is 1.67 bits per heavy atom. The molecule has 2 rings (SSSR count). The highest BCUT2D eigenvalue weighted by molar-refractivity contribution is 7.99. The molecule has 2 heterocycles. The first kappa shape index (κ1) is 13.0. The van der Waals surface area contributed by atoms with E-state index in [-0.39, 0.29) is 11.8 Å². The molecule has 0 aliphatic carbocycles. The van der Waals surface area contributed by atoms with Gasteiger partial charge in [0, 0.05) is 11.3 Å². The number of carbonyl (C=O) groups is 1. The first-order valence-electron chi connectivity index (χ1n) is 5.31. The van der Waals surface area contributed by atoms with Gasteiger partial charge in [-0.15, -0.1) is 16.4 Å². The molecule has 0 saturated heterocycles. The summed E-state index contributed by atoms with van der Waals surface area (Å²) in [5, 5.41) is 22.6. The van der Waals surface area contributed by atoms with Gasteiger partial charge in [-0.05, 0) is 28.8 Å². The van der Waals surface area contributed by atoms with Crippen LogP contribution in [0.2, 0.25) is 0 Å². The summed E-state index contributed by atoms with van der Waals surface area (Å²) >= 11 is 2.82. The SMILES string of the molecule is CC(Cc1cccs1)n1nnnc1SCC(=O)O. The number of thioether (sulfide) groups is 1. The number of rotatable bonds is 6. The van der Waals surface area contributed by atoms with Gasteiger partial charge in [-0.1, -0.05) is 17.8 Å². The van der Waals surface area contributed by atoms with Crippen LogP contribution < -0.4 is 0 Å². The molecular weight excluding hydrogens is 272 g/mol. The molecule has 0 aromatic carbocycles. The molecular formula is C10H12N4O2S2. The summed E-state index contributed by atoms with van der Waals surface area (Å²) in [5.41, 5.74) is 0. The highest BCUT2D eigenvalue weighted by Crippen LogP contribution is 2.22. The third-order valence-corrected chi connectivity index (χ3v) is 4.10. The minimum Gasteiger partial charge on any atom is -0.481 e. The molecule has 18 heavy (non-hydrogen) atoms. The maximum absolute atomic E-state index is 10.5. The van der Waals surface area contributed by atoms with Gasteiger partial charge in [0.2, 0.25) is 5.16 Å². The maximum Gasteiger partial charge on any atom is 0.313 e. The fraction of sp³-hybridized carbons (Fsp3) is 0.400. The third-order valence-electron chi connectivity index (χ3n) is 2.28. The summed E-state index contributed by atoms with van der Waals surface area (Å²) in [5.74, 6) is -0.910. The van der Waals surface area contributed by atoms with Crippen LogP contribution in [0.1, 0.15) is 17.8 Å². The van der Waals surface area contributed by atoms with E-state index < -0.39 is 5.97 Å². The summed E-state index contributed by atoms with van der Waals surface area (Å²) in [4.78, 5) is 11.8. The highest BCUT2D eigenvalue weighted by atomic mass is 32.2. The normalized spacial score (nSPS) is 12.5. The van der Waals surface area contributed by atoms with Crippen LogP contribution in [-0.4, -0.2) is 37.0 Å². The Morgan fingerprint density at radius 2 is 2.50 bits per heavy atom. The van der Waals surface area contributed by atoms with Crippen LogP contribution >= 0.6 is 23.1 Å². The van der Waals surface area contributed by atoms with Crippen LogP contribution in [0, 0.1) is 0 Å². The van der Waals surface area contributed by atoms with E-state index in [1.54, 1.807) is 16.0 Å². The number of carboxylic acids is 1. The molecule has 1 N–H and O–H groups in total. The lowest BCUT2D eigenvalue weighted by Crippen LogP contribution is -2.11. The fourth-order valence-corrected chi connectivity index (χ4v) is 3.01. The quantitative estimate of drug-likeness (QED) is 0.813. The van der Waals surface area contributed by atoms with Gasteiger partial charge in [-0.25, -0.2) is 4.68 Å². The number of hydrogen-bond donors (Lipinski definition) is 1. The lowest BCUT2D eigenvalue weighted by atomic mass is 10.2. The van der Waals surface area contributed by atoms with Crippen LogP contribution in [0.4, 0.5) is 0 Å². The topological polar surface area (TPSA) is 80.9 Å². The summed E-state index contributed by atoms with van der Waals surface area (Å²) < 4.78 is 1.67. The lowest BCUT2D eigenvalue weighted by molar-refractivity contribution is -0.133. The predicted octanol–water partition coefficient (Wildman–Crippen LogP) is 1.72. The molecule has 0 bridgehead atoms. The van der Waals surface area contributed by atoms with E-state index in [0.717, 1.165) is 18.2 Å². The van der Waals surface area contributed by atoms with Crippen molar-refractivity contribution >= 4 is 29.1 Å². The van der Waals surface area contributed by atoms with Gasteiger partial charge in [0.05, 0.1) is 11.8 Å². The predicted molar refractivity (Wildman–Crippen MR) is 68.9 cm³/mol. The molecule has 1 atom stereocenters. The second-order valence-electron chi connectivity index (χ2n) is 3.72. The number of tetrazole rings is 1. The summed E-state index contributed by atoms with van der Waals surface area (Å²) in [7, 11) is 0. The van der Waals surface area contributed by atoms with Crippen molar-refractivity contribution in [3.8, 4) is 0 Å². The van der Waals surface area contributed by atoms with Gasteiger partial charge >= 0.3 is 5.97 Å². The van der Waals surface area contributed by atoms with Crippen molar-refractivity contribution in [2.24, 2.45) is 0 Å². The number of aromatic nitrogens is 4. The minimum absolute atomic E-state index is 0.0356. The summed E-state index contributed by atoms with van der Waals surface area (Å²) in [6, 6.07) is 4.18. The maximum atomic E-state index is 10.5. The fourth-order valence-electron chi connectivity index (χ4n) is 1.49. The molecule has 6 nitrogen and oxygen atoms in total. The van der Waals surface area contributed by atoms with Gasteiger partial charge < -0.3 is 5.11 Å². The Labute approximate surface area is 112 Å². The molecule has 0 spiro atoms. The third kappa shape index (κ3) is 3.30. The molecule has 2 aromatic rings. The average Bonchev–Trinajstić information content (AvgIpc) is 2.96. The van der Waals surface area contributed by atoms with Crippen molar-refractivity contribution in [3.05, 3.63) is 22.4 Å². The van der Waals surface area contributed by atoms with Crippen LogP contribution in [0.5, 0.6) is 0 Å². The molecule has 0 radical (unpaired) electrons. The van der Waals surface area contributed by atoms with E-state index in [9.17, 15) is 4.79 Å². The van der Waals surface area contributed by atoms with E-state index in [1.165, 1.54) is 4.88 Å². The molecule has 2 aromatic heterocycles. The minimum atomic E-state index is -0.875. The second-order valence-corrected chi connectivity index (χ2v) is 5.70. The van der Waals surface area contributed by atoms with E-state index in [0.29, 0.717) is 5.16 Å². The van der Waals surface area contributed by atoms with Crippen molar-refractivity contribution in [3.63, 3.8) is 0 Å². The molecule has 1 unspecified atom stereocenters. The zero-order chi connectivity index (χ0) is 13.0. The largest absolute Gasteiger partial charge is 0.481 e. The van der Waals surface area contributed by atoms with Gasteiger partial charge in [-0.2, -0.15) is 0 Å². The Hall–Kier alpha value is -1.41. The van der Waals surface area contributed by atoms with Gasteiger partial charge in [-0.3, -0.25) is 4.79 Å². The van der Waals surface area contributed by atoms with E-state index >= 15 is 0 Å². The first-order chi connectivity index (χ1) is 8.66. The van der Waals surface area contributed by atoms with Gasteiger partial charge in [0.25, 0.3) is 0 Å². The van der Waals surface area contributed by atoms with Crippen molar-refractivity contribution in [2.45, 2.75) is 24.5 Å². The van der Waals surface area contributed by atoms with Crippen molar-refractivity contribution in [1.29, 1.82) is 0 Å². The van der Waals surface area contributed by atoms with Crippen molar-refractivity contribution in [2.75, 3.05) is 5.75 Å². The van der Waals surface area contributed by atoms with Crippen LogP contribution in [0.15, 0.2) is 22.7 Å². The van der Waals surface area contributed by atoms with E-state index in [1.807, 2.05) is 18.4 Å². The number of aliphatic carboxylic acids is 1. The zero-order valence-corrected chi connectivity index (χ0v) is 11.3. The van der Waals surface area contributed by atoms with Crippen LogP contribution in [0.25, 0.3) is 0 Å². The lowest BCUT2D eigenvalue weighted by Gasteiger charge is -2.11. The molecule has 0 fully saturated rings. The first-order valence-corrected chi connectivity index (χ1v) is 7.18. The number of nitrogens with zero attached hydrogens (tertiary/aromatic N) is 4. The average molecular weight is 284 g/mol. The standard InChI is InChI=1S/C10H12N4O2S2/c1-7(5-8-3-2-4-17-8)14-10(11-12-13-14)18-6-9(15)16/h2-4,7H,5-6H2,1H3,(H,15,16). The molecule has 0 aliphatic rings. The van der Waals surface area contributed by atoms with Crippen LogP contribution in [0.3, 0.4) is 0 Å². The van der Waals surface area contributed by atoms with E-state index in [4.69, 9.17) is 5.11 Å². The molecule has 0 aliphatic heterocycles. The Balaban J connectivity index is 2.03. The summed E-state index contributed by atoms with van der Waals surface area (Å²) in [6.45, 7) is 2.01. The zero-order valence-electron chi connectivity index (χ0n) is 9.68. The molecule has 0 saturated carbocycles. The van der Waals surface area contributed by atoms with Gasteiger partial charge in [0.15, 0.2) is 0 Å². The van der Waals surface area contributed by atoms with Crippen molar-refractivity contribution < 1.29 is 9.90 Å². The molecule has 96 valence electrons. The monoisotopic (exact) mass is 284 g/mol. The van der Waals surface area contributed by atoms with E-state index in [2.05, 4.69) is 21.6 Å².